The normalized spacial score (nSPS) is 16.3. The molecule has 1 unspecified atom stereocenters. The number of aliphatic imine (C=N–C) groups is 1. The average Bonchev–Trinajstić information content (AvgIpc) is 3.15. The summed E-state index contributed by atoms with van der Waals surface area (Å²) in [6.07, 6.45) is 2.49. The molecule has 1 atom stereocenters. The van der Waals surface area contributed by atoms with E-state index in [4.69, 9.17) is 16.3 Å². The highest BCUT2D eigenvalue weighted by molar-refractivity contribution is 14.0. The first-order valence-electron chi connectivity index (χ1n) is 9.34. The monoisotopic (exact) mass is 533 g/mol. The van der Waals surface area contributed by atoms with Gasteiger partial charge in [0.1, 0.15) is 5.75 Å². The molecule has 0 radical (unpaired) electrons. The van der Waals surface area contributed by atoms with Gasteiger partial charge in [-0.3, -0.25) is 4.99 Å². The van der Waals surface area contributed by atoms with Crippen LogP contribution in [0.2, 0.25) is 5.02 Å². The first-order chi connectivity index (χ1) is 13.6. The van der Waals surface area contributed by atoms with Crippen molar-refractivity contribution in [3.05, 3.63) is 52.9 Å². The molecular weight excluding hydrogens is 508 g/mol. The zero-order chi connectivity index (χ0) is 19.9. The Kier molecular flexibility index (Phi) is 9.22. The second-order valence-corrected chi connectivity index (χ2v) is 6.93. The van der Waals surface area contributed by atoms with Gasteiger partial charge in [0, 0.05) is 49.5 Å². The summed E-state index contributed by atoms with van der Waals surface area (Å²) < 4.78 is 19.6. The average molecular weight is 534 g/mol. The lowest BCUT2D eigenvalue weighted by molar-refractivity contribution is 0.336. The number of nitrogens with one attached hydrogen (secondary N) is 2. The zero-order valence-corrected chi connectivity index (χ0v) is 19.6. The van der Waals surface area contributed by atoms with E-state index in [9.17, 15) is 4.39 Å². The lowest BCUT2D eigenvalue weighted by Crippen LogP contribution is -2.44. The number of anilines is 1. The van der Waals surface area contributed by atoms with Gasteiger partial charge in [0.2, 0.25) is 0 Å². The molecule has 1 fully saturated rings. The molecule has 1 aromatic heterocycles. The maximum Gasteiger partial charge on any atom is 0.191 e. The van der Waals surface area contributed by atoms with E-state index in [0.717, 1.165) is 24.3 Å². The molecule has 6 nitrogen and oxygen atoms in total. The minimum absolute atomic E-state index is 0. The largest absolute Gasteiger partial charge is 0.493 e. The third-order valence-electron chi connectivity index (χ3n) is 4.57. The summed E-state index contributed by atoms with van der Waals surface area (Å²) in [4.78, 5) is 10.4. The number of benzene rings is 1. The Hall–Kier alpha value is -1.81. The van der Waals surface area contributed by atoms with Crippen molar-refractivity contribution in [2.75, 3.05) is 31.6 Å². The Balaban J connectivity index is 0.00000300. The highest BCUT2D eigenvalue weighted by Gasteiger charge is 2.25. The van der Waals surface area contributed by atoms with Crippen LogP contribution in [-0.4, -0.2) is 43.7 Å². The van der Waals surface area contributed by atoms with Crippen LogP contribution >= 0.6 is 35.6 Å². The molecule has 3 rings (SSSR count). The number of rotatable bonds is 6. The molecule has 0 aliphatic carbocycles. The highest BCUT2D eigenvalue weighted by Crippen LogP contribution is 2.24. The topological polar surface area (TPSA) is 61.8 Å². The van der Waals surface area contributed by atoms with E-state index in [2.05, 4.69) is 20.6 Å². The molecular formula is C20H26ClFIN5O. The van der Waals surface area contributed by atoms with Crippen molar-refractivity contribution < 1.29 is 9.13 Å². The summed E-state index contributed by atoms with van der Waals surface area (Å²) in [5.74, 6) is 1.55. The summed E-state index contributed by atoms with van der Waals surface area (Å²) in [5.41, 5.74) is 0.998. The first kappa shape index (κ1) is 23.5. The van der Waals surface area contributed by atoms with Gasteiger partial charge < -0.3 is 20.3 Å². The third-order valence-corrected chi connectivity index (χ3v) is 4.80. The van der Waals surface area contributed by atoms with Crippen molar-refractivity contribution in [2.45, 2.75) is 25.9 Å². The molecule has 9 heteroatoms. The van der Waals surface area contributed by atoms with Gasteiger partial charge in [0.25, 0.3) is 0 Å². The molecule has 1 aliphatic heterocycles. The summed E-state index contributed by atoms with van der Waals surface area (Å²) in [5, 5.41) is 7.34. The lowest BCUT2D eigenvalue weighted by Gasteiger charge is -2.20. The second kappa shape index (κ2) is 11.4. The minimum Gasteiger partial charge on any atom is -0.493 e. The molecule has 1 saturated heterocycles. The molecule has 0 amide bonds. The van der Waals surface area contributed by atoms with Crippen LogP contribution in [0.3, 0.4) is 0 Å². The van der Waals surface area contributed by atoms with Crippen LogP contribution in [0.15, 0.2) is 41.5 Å². The van der Waals surface area contributed by atoms with E-state index in [1.807, 2.05) is 30.0 Å². The molecule has 0 spiro atoms. The Bertz CT molecular complexity index is 838. The molecule has 29 heavy (non-hydrogen) atoms. The Morgan fingerprint density at radius 2 is 2.24 bits per heavy atom. The number of hydrogen-bond acceptors (Lipinski definition) is 4. The summed E-state index contributed by atoms with van der Waals surface area (Å²) >= 11 is 6.06. The fourth-order valence-electron chi connectivity index (χ4n) is 3.21. The number of halogens is 3. The smallest absolute Gasteiger partial charge is 0.191 e. The van der Waals surface area contributed by atoms with Crippen LogP contribution in [0.1, 0.15) is 18.9 Å². The van der Waals surface area contributed by atoms with Crippen molar-refractivity contribution in [2.24, 2.45) is 4.99 Å². The predicted octanol–water partition coefficient (Wildman–Crippen LogP) is 3.83. The van der Waals surface area contributed by atoms with Crippen LogP contribution in [-0.2, 0) is 6.54 Å². The van der Waals surface area contributed by atoms with Gasteiger partial charge in [-0.15, -0.1) is 24.0 Å². The minimum atomic E-state index is -0.295. The predicted molar refractivity (Wildman–Crippen MR) is 126 cm³/mol. The van der Waals surface area contributed by atoms with Crippen LogP contribution in [0.5, 0.6) is 5.75 Å². The Morgan fingerprint density at radius 3 is 2.97 bits per heavy atom. The van der Waals surface area contributed by atoms with Gasteiger partial charge in [0.15, 0.2) is 17.6 Å². The highest BCUT2D eigenvalue weighted by atomic mass is 127. The van der Waals surface area contributed by atoms with E-state index < -0.39 is 0 Å². The van der Waals surface area contributed by atoms with E-state index in [1.54, 1.807) is 19.3 Å². The zero-order valence-electron chi connectivity index (χ0n) is 16.5. The number of nitrogens with zero attached hydrogens (tertiary/aromatic N) is 3. The summed E-state index contributed by atoms with van der Waals surface area (Å²) in [6.45, 7) is 4.47. The Morgan fingerprint density at radius 1 is 1.41 bits per heavy atom. The lowest BCUT2D eigenvalue weighted by atomic mass is 10.2. The van der Waals surface area contributed by atoms with E-state index >= 15 is 0 Å². The summed E-state index contributed by atoms with van der Waals surface area (Å²) in [6, 6.07) is 8.79. The maximum absolute atomic E-state index is 14.0. The van der Waals surface area contributed by atoms with E-state index in [1.165, 1.54) is 6.07 Å². The van der Waals surface area contributed by atoms with Gasteiger partial charge in [-0.05, 0) is 37.6 Å². The van der Waals surface area contributed by atoms with Crippen LogP contribution in [0, 0.1) is 5.82 Å². The molecule has 0 saturated carbocycles. The van der Waals surface area contributed by atoms with Gasteiger partial charge in [-0.2, -0.15) is 0 Å². The fourth-order valence-corrected chi connectivity index (χ4v) is 3.37. The quantitative estimate of drug-likeness (QED) is 0.336. The fraction of sp³-hybridized carbons (Fsp3) is 0.400. The third kappa shape index (κ3) is 6.33. The van der Waals surface area contributed by atoms with Crippen molar-refractivity contribution in [1.82, 2.24) is 15.6 Å². The number of hydrogen-bond donors (Lipinski definition) is 2. The number of pyridine rings is 1. The number of ether oxygens (including phenoxy) is 1. The number of aromatic nitrogens is 1. The van der Waals surface area contributed by atoms with Crippen molar-refractivity contribution >= 4 is 47.4 Å². The second-order valence-electron chi connectivity index (χ2n) is 6.50. The van der Waals surface area contributed by atoms with E-state index in [-0.39, 0.29) is 35.8 Å². The molecule has 2 N–H and O–H groups in total. The first-order valence-corrected chi connectivity index (χ1v) is 9.72. The molecule has 2 aromatic rings. The molecule has 2 heterocycles. The van der Waals surface area contributed by atoms with Crippen LogP contribution in [0.4, 0.5) is 10.2 Å². The SMILES string of the molecule is CCOc1cc(Cl)ccc1CNC(=NC)NC1CCN(c2ncccc2F)C1.I. The van der Waals surface area contributed by atoms with Gasteiger partial charge in [0.05, 0.1) is 6.61 Å². The molecule has 158 valence electrons. The Labute approximate surface area is 192 Å². The maximum atomic E-state index is 14.0. The molecule has 1 aliphatic rings. The van der Waals surface area contributed by atoms with Crippen molar-refractivity contribution in [1.29, 1.82) is 0 Å². The van der Waals surface area contributed by atoms with E-state index in [0.29, 0.717) is 36.5 Å². The van der Waals surface area contributed by atoms with Gasteiger partial charge in [-0.25, -0.2) is 9.37 Å². The molecule has 1 aromatic carbocycles. The van der Waals surface area contributed by atoms with Gasteiger partial charge in [-0.1, -0.05) is 17.7 Å². The van der Waals surface area contributed by atoms with Crippen molar-refractivity contribution in [3.8, 4) is 5.75 Å². The summed E-state index contributed by atoms with van der Waals surface area (Å²) in [7, 11) is 1.73. The van der Waals surface area contributed by atoms with Gasteiger partial charge >= 0.3 is 0 Å². The standard InChI is InChI=1S/C20H25ClFN5O.HI/c1-3-28-18-11-15(21)7-6-14(18)12-25-20(23-2)26-16-8-10-27(13-16)19-17(22)5-4-9-24-19;/h4-7,9,11,16H,3,8,10,12-13H2,1-2H3,(H2,23,25,26);1H. The van der Waals surface area contributed by atoms with Crippen molar-refractivity contribution in [3.63, 3.8) is 0 Å². The van der Waals surface area contributed by atoms with Crippen LogP contribution < -0.4 is 20.3 Å². The van der Waals surface area contributed by atoms with Crippen LogP contribution in [0.25, 0.3) is 0 Å². The molecule has 0 bridgehead atoms. The number of guanidine groups is 1.